The molecule has 0 saturated carbocycles. The lowest BCUT2D eigenvalue weighted by atomic mass is 9.88. The van der Waals surface area contributed by atoms with Crippen LogP contribution in [0.1, 0.15) is 45.4 Å². The standard InChI is InChI=1S/C24H34N4O/c1-8-29-15-16(2)28(7)19-10-9-18-13-22(25-21(18)14-19)23-20(17(3)26-27-23)11-12-24(4,5)6/h9-10,13-14,25H,2,8,11-12,15H2,1,3-7H3,(H,26,27). The number of fused-ring (bicyclic) bond motifs is 1. The first-order chi connectivity index (χ1) is 13.7. The van der Waals surface area contributed by atoms with Crippen molar-refractivity contribution in [1.29, 1.82) is 0 Å². The van der Waals surface area contributed by atoms with Crippen molar-refractivity contribution in [2.45, 2.75) is 47.5 Å². The highest BCUT2D eigenvalue weighted by atomic mass is 16.5. The monoisotopic (exact) mass is 394 g/mol. The molecule has 0 bridgehead atoms. The Hall–Kier alpha value is -2.53. The Morgan fingerprint density at radius 3 is 2.69 bits per heavy atom. The summed E-state index contributed by atoms with van der Waals surface area (Å²) in [5.41, 5.74) is 7.94. The largest absolute Gasteiger partial charge is 0.376 e. The minimum atomic E-state index is 0.296. The van der Waals surface area contributed by atoms with E-state index in [9.17, 15) is 0 Å². The summed E-state index contributed by atoms with van der Waals surface area (Å²) in [6, 6.07) is 8.60. The smallest absolute Gasteiger partial charge is 0.112 e. The second-order valence-electron chi connectivity index (χ2n) is 8.95. The molecule has 0 saturated heterocycles. The maximum Gasteiger partial charge on any atom is 0.112 e. The average Bonchev–Trinajstić information content (AvgIpc) is 3.25. The number of likely N-dealkylation sites (N-methyl/N-ethyl adjacent to an activating group) is 1. The van der Waals surface area contributed by atoms with Crippen LogP contribution in [0.4, 0.5) is 5.69 Å². The van der Waals surface area contributed by atoms with E-state index in [2.05, 4.69) is 78.6 Å². The van der Waals surface area contributed by atoms with Gasteiger partial charge >= 0.3 is 0 Å². The first-order valence-electron chi connectivity index (χ1n) is 10.4. The number of ether oxygens (including phenoxy) is 1. The Morgan fingerprint density at radius 1 is 1.24 bits per heavy atom. The lowest BCUT2D eigenvalue weighted by molar-refractivity contribution is 0.170. The fourth-order valence-electron chi connectivity index (χ4n) is 3.43. The van der Waals surface area contributed by atoms with E-state index in [1.807, 2.05) is 14.0 Å². The summed E-state index contributed by atoms with van der Waals surface area (Å²) in [6.07, 6.45) is 2.14. The molecule has 0 atom stereocenters. The normalized spacial score (nSPS) is 11.9. The Morgan fingerprint density at radius 2 is 2.00 bits per heavy atom. The van der Waals surface area contributed by atoms with Crippen LogP contribution in [0.3, 0.4) is 0 Å². The van der Waals surface area contributed by atoms with Crippen LogP contribution in [0, 0.1) is 12.3 Å². The minimum Gasteiger partial charge on any atom is -0.376 e. The number of hydrogen-bond acceptors (Lipinski definition) is 3. The second kappa shape index (κ2) is 8.46. The number of aromatic nitrogens is 3. The van der Waals surface area contributed by atoms with Gasteiger partial charge in [-0.15, -0.1) is 0 Å². The Kier molecular flexibility index (Phi) is 6.18. The molecule has 156 valence electrons. The van der Waals surface area contributed by atoms with E-state index >= 15 is 0 Å². The molecule has 0 aliphatic rings. The van der Waals surface area contributed by atoms with Gasteiger partial charge in [0.2, 0.25) is 0 Å². The number of anilines is 1. The molecular formula is C24H34N4O. The second-order valence-corrected chi connectivity index (χ2v) is 8.95. The summed E-state index contributed by atoms with van der Waals surface area (Å²) in [6.45, 7) is 16.3. The third-order valence-corrected chi connectivity index (χ3v) is 5.39. The number of nitrogens with one attached hydrogen (secondary N) is 2. The molecule has 5 nitrogen and oxygen atoms in total. The Balaban J connectivity index is 1.88. The van der Waals surface area contributed by atoms with Crippen molar-refractivity contribution in [2.75, 3.05) is 25.2 Å². The molecule has 0 radical (unpaired) electrons. The summed E-state index contributed by atoms with van der Waals surface area (Å²) in [4.78, 5) is 5.64. The Bertz CT molecular complexity index is 990. The quantitative estimate of drug-likeness (QED) is 0.505. The van der Waals surface area contributed by atoms with Gasteiger partial charge in [-0.2, -0.15) is 5.10 Å². The van der Waals surface area contributed by atoms with E-state index in [4.69, 9.17) is 4.74 Å². The fraction of sp³-hybridized carbons (Fsp3) is 0.458. The molecular weight excluding hydrogens is 360 g/mol. The molecule has 2 aromatic heterocycles. The lowest BCUT2D eigenvalue weighted by Crippen LogP contribution is -2.19. The van der Waals surface area contributed by atoms with Gasteiger partial charge in [0.05, 0.1) is 12.3 Å². The van der Waals surface area contributed by atoms with E-state index in [-0.39, 0.29) is 0 Å². The van der Waals surface area contributed by atoms with Crippen molar-refractivity contribution in [3.63, 3.8) is 0 Å². The SMILES string of the molecule is C=C(COCC)N(C)c1ccc2cc(-c3n[nH]c(C)c3CCC(C)(C)C)[nH]c2c1. The van der Waals surface area contributed by atoms with Crippen molar-refractivity contribution in [2.24, 2.45) is 5.41 Å². The van der Waals surface area contributed by atoms with Gasteiger partial charge in [0, 0.05) is 47.2 Å². The highest BCUT2D eigenvalue weighted by Crippen LogP contribution is 2.31. The molecule has 2 heterocycles. The molecule has 29 heavy (non-hydrogen) atoms. The van der Waals surface area contributed by atoms with Crippen molar-refractivity contribution >= 4 is 16.6 Å². The number of nitrogens with zero attached hydrogens (tertiary/aromatic N) is 2. The topological polar surface area (TPSA) is 56.9 Å². The predicted molar refractivity (Wildman–Crippen MR) is 122 cm³/mol. The zero-order valence-electron chi connectivity index (χ0n) is 18.6. The molecule has 1 aromatic carbocycles. The molecule has 0 amide bonds. The molecule has 0 aliphatic carbocycles. The third kappa shape index (κ3) is 4.91. The van der Waals surface area contributed by atoms with Crippen molar-refractivity contribution in [3.05, 3.63) is 47.8 Å². The predicted octanol–water partition coefficient (Wildman–Crippen LogP) is 5.83. The van der Waals surface area contributed by atoms with E-state index in [0.717, 1.165) is 46.8 Å². The van der Waals surface area contributed by atoms with Gasteiger partial charge in [-0.05, 0) is 50.3 Å². The highest BCUT2D eigenvalue weighted by Gasteiger charge is 2.18. The van der Waals surface area contributed by atoms with E-state index in [0.29, 0.717) is 18.6 Å². The molecule has 0 aliphatic heterocycles. The van der Waals surface area contributed by atoms with Crippen molar-refractivity contribution in [3.8, 4) is 11.4 Å². The van der Waals surface area contributed by atoms with Gasteiger partial charge in [0.25, 0.3) is 0 Å². The maximum absolute atomic E-state index is 5.49. The summed E-state index contributed by atoms with van der Waals surface area (Å²) >= 11 is 0. The first kappa shape index (κ1) is 21.2. The molecule has 3 rings (SSSR count). The number of aromatic amines is 2. The van der Waals surface area contributed by atoms with Crippen LogP contribution in [0.5, 0.6) is 0 Å². The fourth-order valence-corrected chi connectivity index (χ4v) is 3.43. The van der Waals surface area contributed by atoms with Crippen molar-refractivity contribution in [1.82, 2.24) is 15.2 Å². The number of hydrogen-bond donors (Lipinski definition) is 2. The van der Waals surface area contributed by atoms with Gasteiger partial charge in [0.1, 0.15) is 5.69 Å². The maximum atomic E-state index is 5.49. The van der Waals surface area contributed by atoms with Crippen LogP contribution >= 0.6 is 0 Å². The Labute approximate surface area is 174 Å². The molecule has 0 unspecified atom stereocenters. The van der Waals surface area contributed by atoms with Crippen LogP contribution in [0.25, 0.3) is 22.3 Å². The van der Waals surface area contributed by atoms with Gasteiger partial charge in [-0.1, -0.05) is 33.4 Å². The van der Waals surface area contributed by atoms with E-state index in [1.165, 1.54) is 10.9 Å². The average molecular weight is 395 g/mol. The minimum absolute atomic E-state index is 0.296. The number of H-pyrrole nitrogens is 2. The van der Waals surface area contributed by atoms with Crippen molar-refractivity contribution < 1.29 is 4.74 Å². The molecule has 0 fully saturated rings. The van der Waals surface area contributed by atoms with Crippen LogP contribution < -0.4 is 4.90 Å². The van der Waals surface area contributed by atoms with E-state index in [1.54, 1.807) is 0 Å². The summed E-state index contributed by atoms with van der Waals surface area (Å²) in [5.74, 6) is 0. The summed E-state index contributed by atoms with van der Waals surface area (Å²) in [5, 5.41) is 8.96. The number of benzene rings is 1. The van der Waals surface area contributed by atoms with E-state index < -0.39 is 0 Å². The van der Waals surface area contributed by atoms with Crippen LogP contribution in [-0.2, 0) is 11.2 Å². The molecule has 3 aromatic rings. The van der Waals surface area contributed by atoms with Gasteiger partial charge < -0.3 is 14.6 Å². The molecule has 0 spiro atoms. The van der Waals surface area contributed by atoms with Crippen LogP contribution in [0.15, 0.2) is 36.5 Å². The first-order valence-corrected chi connectivity index (χ1v) is 10.4. The summed E-state index contributed by atoms with van der Waals surface area (Å²) in [7, 11) is 2.02. The van der Waals surface area contributed by atoms with Crippen LogP contribution in [0.2, 0.25) is 0 Å². The summed E-state index contributed by atoms with van der Waals surface area (Å²) < 4.78 is 5.49. The highest BCUT2D eigenvalue weighted by molar-refractivity contribution is 5.88. The number of aryl methyl sites for hydroxylation is 1. The molecule has 2 N–H and O–H groups in total. The zero-order chi connectivity index (χ0) is 21.2. The van der Waals surface area contributed by atoms with Crippen LogP contribution in [-0.4, -0.2) is 35.4 Å². The number of rotatable bonds is 8. The van der Waals surface area contributed by atoms with Gasteiger partial charge in [-0.3, -0.25) is 5.10 Å². The lowest BCUT2D eigenvalue weighted by Gasteiger charge is -2.21. The molecule has 5 heteroatoms. The van der Waals surface area contributed by atoms with Gasteiger partial charge in [0.15, 0.2) is 0 Å². The third-order valence-electron chi connectivity index (χ3n) is 5.39. The zero-order valence-corrected chi connectivity index (χ0v) is 18.6. The van der Waals surface area contributed by atoms with Gasteiger partial charge in [-0.25, -0.2) is 0 Å².